The molecule has 3 atom stereocenters. The van der Waals surface area contributed by atoms with Crippen LogP contribution in [0.2, 0.25) is 0 Å². The van der Waals surface area contributed by atoms with E-state index < -0.39 is 0 Å². The fourth-order valence-corrected chi connectivity index (χ4v) is 2.05. The first kappa shape index (κ1) is 7.10. The summed E-state index contributed by atoms with van der Waals surface area (Å²) < 4.78 is 10.1. The van der Waals surface area contributed by atoms with Crippen molar-refractivity contribution in [1.29, 1.82) is 0 Å². The summed E-state index contributed by atoms with van der Waals surface area (Å²) in [7, 11) is 1.41. The van der Waals surface area contributed by atoms with Gasteiger partial charge in [-0.3, -0.25) is 0 Å². The first-order valence-electron chi connectivity index (χ1n) is 4.04. The van der Waals surface area contributed by atoms with Crippen LogP contribution in [-0.2, 0) is 14.3 Å². The number of hydrogen-bond donors (Lipinski definition) is 0. The van der Waals surface area contributed by atoms with Gasteiger partial charge < -0.3 is 9.47 Å². The van der Waals surface area contributed by atoms with Gasteiger partial charge in [-0.15, -0.1) is 0 Å². The lowest BCUT2D eigenvalue weighted by atomic mass is 10.0. The molecule has 0 amide bonds. The number of carbonyl (C=O) groups excluding carboxylic acids is 1. The van der Waals surface area contributed by atoms with Crippen LogP contribution in [0.1, 0.15) is 19.3 Å². The summed E-state index contributed by atoms with van der Waals surface area (Å²) in [6.07, 6.45) is 3.39. The Morgan fingerprint density at radius 3 is 2.82 bits per heavy atom. The molecule has 0 N–H and O–H groups in total. The Morgan fingerprint density at radius 2 is 2.36 bits per heavy atom. The molecule has 3 heteroatoms. The van der Waals surface area contributed by atoms with Crippen LogP contribution >= 0.6 is 0 Å². The van der Waals surface area contributed by atoms with Gasteiger partial charge in [-0.05, 0) is 25.2 Å². The lowest BCUT2D eigenvalue weighted by molar-refractivity contribution is -0.157. The molecule has 0 spiro atoms. The molecule has 0 aromatic rings. The van der Waals surface area contributed by atoms with Crippen LogP contribution in [0.3, 0.4) is 0 Å². The molecular formula is C8H12O3. The second-order valence-corrected chi connectivity index (χ2v) is 3.27. The van der Waals surface area contributed by atoms with Gasteiger partial charge in [0.2, 0.25) is 0 Å². The van der Waals surface area contributed by atoms with Crippen molar-refractivity contribution >= 4 is 5.97 Å². The monoisotopic (exact) mass is 156 g/mol. The smallest absolute Gasteiger partial charge is 0.335 e. The van der Waals surface area contributed by atoms with Crippen molar-refractivity contribution in [3.8, 4) is 0 Å². The zero-order valence-electron chi connectivity index (χ0n) is 6.58. The molecule has 2 fully saturated rings. The van der Waals surface area contributed by atoms with Crippen molar-refractivity contribution in [2.24, 2.45) is 5.92 Å². The van der Waals surface area contributed by atoms with Gasteiger partial charge in [-0.2, -0.15) is 0 Å². The maximum absolute atomic E-state index is 11.1. The largest absolute Gasteiger partial charge is 0.467 e. The minimum Gasteiger partial charge on any atom is -0.467 e. The van der Waals surface area contributed by atoms with E-state index >= 15 is 0 Å². The highest BCUT2D eigenvalue weighted by Gasteiger charge is 2.44. The Hall–Kier alpha value is -0.570. The fraction of sp³-hybridized carbons (Fsp3) is 0.875. The van der Waals surface area contributed by atoms with E-state index in [0.29, 0.717) is 12.0 Å². The van der Waals surface area contributed by atoms with E-state index in [9.17, 15) is 4.79 Å². The Morgan fingerprint density at radius 1 is 1.55 bits per heavy atom. The average molecular weight is 156 g/mol. The van der Waals surface area contributed by atoms with E-state index in [-0.39, 0.29) is 12.1 Å². The van der Waals surface area contributed by atoms with E-state index in [1.807, 2.05) is 0 Å². The molecule has 3 nitrogen and oxygen atoms in total. The summed E-state index contributed by atoms with van der Waals surface area (Å²) in [5.41, 5.74) is 0. The zero-order valence-corrected chi connectivity index (χ0v) is 6.58. The van der Waals surface area contributed by atoms with Crippen LogP contribution in [0.4, 0.5) is 0 Å². The third kappa shape index (κ3) is 1.03. The third-order valence-corrected chi connectivity index (χ3v) is 2.63. The highest BCUT2D eigenvalue weighted by Crippen LogP contribution is 2.40. The van der Waals surface area contributed by atoms with Gasteiger partial charge in [-0.25, -0.2) is 4.79 Å². The number of esters is 1. The third-order valence-electron chi connectivity index (χ3n) is 2.63. The lowest BCUT2D eigenvalue weighted by Crippen LogP contribution is -2.30. The number of rotatable bonds is 1. The standard InChI is InChI=1S/C8H12O3/c1-10-8(9)7-5-2-3-6(4-5)11-7/h5-7H,2-4H2,1H3. The van der Waals surface area contributed by atoms with Gasteiger partial charge in [0, 0.05) is 0 Å². The van der Waals surface area contributed by atoms with Gasteiger partial charge in [0.1, 0.15) is 0 Å². The van der Waals surface area contributed by atoms with E-state index in [2.05, 4.69) is 4.74 Å². The Kier molecular flexibility index (Phi) is 1.60. The molecule has 11 heavy (non-hydrogen) atoms. The number of ether oxygens (including phenoxy) is 2. The summed E-state index contributed by atoms with van der Waals surface area (Å²) in [5.74, 6) is 0.240. The van der Waals surface area contributed by atoms with Crippen molar-refractivity contribution in [1.82, 2.24) is 0 Å². The number of carbonyl (C=O) groups is 1. The quantitative estimate of drug-likeness (QED) is 0.525. The molecule has 1 saturated heterocycles. The molecule has 0 aromatic heterocycles. The van der Waals surface area contributed by atoms with Gasteiger partial charge >= 0.3 is 5.97 Å². The Balaban J connectivity index is 2.02. The molecule has 2 rings (SSSR count). The predicted octanol–water partition coefficient (Wildman–Crippen LogP) is 0.727. The molecule has 1 aliphatic heterocycles. The van der Waals surface area contributed by atoms with Crippen molar-refractivity contribution in [2.45, 2.75) is 31.5 Å². The molecule has 2 bridgehead atoms. The highest BCUT2D eigenvalue weighted by atomic mass is 16.6. The fourth-order valence-electron chi connectivity index (χ4n) is 2.05. The maximum Gasteiger partial charge on any atom is 0.335 e. The van der Waals surface area contributed by atoms with E-state index in [1.165, 1.54) is 7.11 Å². The molecule has 62 valence electrons. The summed E-state index contributed by atoms with van der Waals surface area (Å²) in [5, 5.41) is 0. The zero-order chi connectivity index (χ0) is 7.84. The van der Waals surface area contributed by atoms with Crippen molar-refractivity contribution in [3.05, 3.63) is 0 Å². The normalized spacial score (nSPS) is 41.0. The second-order valence-electron chi connectivity index (χ2n) is 3.27. The molecule has 1 saturated carbocycles. The molecule has 1 heterocycles. The summed E-state index contributed by atoms with van der Waals surface area (Å²) in [6.45, 7) is 0. The average Bonchev–Trinajstić information content (AvgIpc) is 2.62. The SMILES string of the molecule is COC(=O)C1OC2CCC1C2. The molecule has 2 aliphatic rings. The minimum atomic E-state index is -0.251. The van der Waals surface area contributed by atoms with Crippen LogP contribution < -0.4 is 0 Å². The van der Waals surface area contributed by atoms with Crippen LogP contribution in [-0.4, -0.2) is 25.3 Å². The first-order valence-corrected chi connectivity index (χ1v) is 4.04. The summed E-state index contributed by atoms with van der Waals surface area (Å²) in [6, 6.07) is 0. The first-order chi connectivity index (χ1) is 5.31. The summed E-state index contributed by atoms with van der Waals surface area (Å²) >= 11 is 0. The molecule has 0 radical (unpaired) electrons. The predicted molar refractivity (Wildman–Crippen MR) is 38.0 cm³/mol. The van der Waals surface area contributed by atoms with Gasteiger partial charge in [0.25, 0.3) is 0 Å². The van der Waals surface area contributed by atoms with E-state index in [1.54, 1.807) is 0 Å². The number of hydrogen-bond acceptors (Lipinski definition) is 3. The van der Waals surface area contributed by atoms with E-state index in [0.717, 1.165) is 19.3 Å². The molecule has 3 unspecified atom stereocenters. The molecule has 0 aromatic carbocycles. The van der Waals surface area contributed by atoms with Crippen LogP contribution in [0.15, 0.2) is 0 Å². The maximum atomic E-state index is 11.1. The molecule has 1 aliphatic carbocycles. The topological polar surface area (TPSA) is 35.5 Å². The van der Waals surface area contributed by atoms with Gasteiger partial charge in [0.15, 0.2) is 6.10 Å². The highest BCUT2D eigenvalue weighted by molar-refractivity contribution is 5.75. The summed E-state index contributed by atoms with van der Waals surface area (Å²) in [4.78, 5) is 11.1. The second kappa shape index (κ2) is 2.48. The van der Waals surface area contributed by atoms with Crippen LogP contribution in [0, 0.1) is 5.92 Å². The number of fused-ring (bicyclic) bond motifs is 2. The molecular weight excluding hydrogens is 144 g/mol. The Labute approximate surface area is 65.7 Å². The minimum absolute atomic E-state index is 0.197. The van der Waals surface area contributed by atoms with Gasteiger partial charge in [-0.1, -0.05) is 0 Å². The van der Waals surface area contributed by atoms with E-state index in [4.69, 9.17) is 4.74 Å². The Bertz CT molecular complexity index is 178. The van der Waals surface area contributed by atoms with Crippen LogP contribution in [0.25, 0.3) is 0 Å². The number of methoxy groups -OCH3 is 1. The van der Waals surface area contributed by atoms with Gasteiger partial charge in [0.05, 0.1) is 13.2 Å². The lowest BCUT2D eigenvalue weighted by Gasteiger charge is -2.19. The van der Waals surface area contributed by atoms with Crippen LogP contribution in [0.5, 0.6) is 0 Å². The van der Waals surface area contributed by atoms with Crippen molar-refractivity contribution < 1.29 is 14.3 Å². The van der Waals surface area contributed by atoms with Crippen molar-refractivity contribution in [2.75, 3.05) is 7.11 Å². The van der Waals surface area contributed by atoms with Crippen molar-refractivity contribution in [3.63, 3.8) is 0 Å².